The highest BCUT2D eigenvalue weighted by molar-refractivity contribution is 5.97. The Bertz CT molecular complexity index is 1030. The molecule has 1 aliphatic rings. The number of nitrogens with zero attached hydrogens (tertiary/aromatic N) is 1. The van der Waals surface area contributed by atoms with E-state index in [1.54, 1.807) is 60.7 Å². The molecule has 1 N–H and O–H groups in total. The molecule has 0 radical (unpaired) electrons. The van der Waals surface area contributed by atoms with Crippen molar-refractivity contribution in [1.82, 2.24) is 4.90 Å². The molecule has 0 fully saturated rings. The topological polar surface area (TPSA) is 41.6 Å². The predicted octanol–water partition coefficient (Wildman–Crippen LogP) is 5.16. The third-order valence-electron chi connectivity index (χ3n) is 5.18. The molecule has 1 amide bonds. The fraction of sp³-hybridized carbons (Fsp3) is 0.208. The summed E-state index contributed by atoms with van der Waals surface area (Å²) in [6.07, 6.45) is -7.29. The van der Waals surface area contributed by atoms with Crippen LogP contribution in [-0.2, 0) is 17.9 Å². The number of rotatable bonds is 5. The van der Waals surface area contributed by atoms with Crippen LogP contribution in [0.2, 0.25) is 0 Å². The molecule has 1 heterocycles. The van der Waals surface area contributed by atoms with E-state index < -0.39 is 30.0 Å². The average molecular weight is 444 g/mol. The number of nitrogens with one attached hydrogen (secondary N) is 1. The van der Waals surface area contributed by atoms with Gasteiger partial charge in [-0.1, -0.05) is 60.7 Å². The summed E-state index contributed by atoms with van der Waals surface area (Å²) in [6, 6.07) is 19.1. The maximum atomic E-state index is 14.2. The van der Waals surface area contributed by atoms with Gasteiger partial charge in [0.2, 0.25) is 12.0 Å². The van der Waals surface area contributed by atoms with E-state index in [9.17, 15) is 22.4 Å². The smallest absolute Gasteiger partial charge is 0.427 e. The number of halogens is 4. The van der Waals surface area contributed by atoms with Crippen molar-refractivity contribution in [1.29, 1.82) is 0 Å². The number of anilines is 1. The van der Waals surface area contributed by atoms with Gasteiger partial charge in [-0.3, -0.25) is 9.69 Å². The Kier molecular flexibility index (Phi) is 6.14. The quantitative estimate of drug-likeness (QED) is 0.553. The maximum absolute atomic E-state index is 14.2. The first kappa shape index (κ1) is 21.8. The van der Waals surface area contributed by atoms with Crippen LogP contribution in [0, 0.1) is 5.82 Å². The van der Waals surface area contributed by atoms with Crippen LogP contribution < -0.4 is 10.1 Å². The first-order valence-electron chi connectivity index (χ1n) is 9.97. The molecule has 8 heteroatoms. The lowest BCUT2D eigenvalue weighted by Gasteiger charge is -2.35. The van der Waals surface area contributed by atoms with Crippen molar-refractivity contribution < 1.29 is 27.1 Å². The van der Waals surface area contributed by atoms with Gasteiger partial charge in [0.25, 0.3) is 0 Å². The molecule has 4 rings (SSSR count). The zero-order valence-corrected chi connectivity index (χ0v) is 16.9. The first-order chi connectivity index (χ1) is 15.3. The Morgan fingerprint density at radius 3 is 1.97 bits per heavy atom. The number of hydrogen-bond donors (Lipinski definition) is 1. The number of ether oxygens (including phenoxy) is 1. The van der Waals surface area contributed by atoms with Crippen molar-refractivity contribution >= 4 is 11.6 Å². The lowest BCUT2D eigenvalue weighted by molar-refractivity contribution is -0.212. The van der Waals surface area contributed by atoms with Gasteiger partial charge in [0.15, 0.2) is 0 Å². The van der Waals surface area contributed by atoms with Crippen LogP contribution >= 0.6 is 0 Å². The highest BCUT2D eigenvalue weighted by Gasteiger charge is 2.53. The monoisotopic (exact) mass is 444 g/mol. The van der Waals surface area contributed by atoms with Gasteiger partial charge >= 0.3 is 6.18 Å². The Morgan fingerprint density at radius 1 is 0.875 bits per heavy atom. The van der Waals surface area contributed by atoms with Crippen LogP contribution in [0.4, 0.5) is 23.2 Å². The largest absolute Gasteiger partial charge is 0.476 e. The van der Waals surface area contributed by atoms with Crippen molar-refractivity contribution in [2.75, 3.05) is 5.32 Å². The lowest BCUT2D eigenvalue weighted by Crippen LogP contribution is -2.57. The van der Waals surface area contributed by atoms with Crippen molar-refractivity contribution in [3.05, 3.63) is 95.8 Å². The highest BCUT2D eigenvalue weighted by atomic mass is 19.4. The van der Waals surface area contributed by atoms with Crippen LogP contribution in [0.1, 0.15) is 11.1 Å². The summed E-state index contributed by atoms with van der Waals surface area (Å²) in [6.45, 7) is 0.156. The van der Waals surface area contributed by atoms with Gasteiger partial charge in [0, 0.05) is 19.2 Å². The van der Waals surface area contributed by atoms with Gasteiger partial charge in [-0.25, -0.2) is 4.39 Å². The number of carbonyl (C=O) groups excluding carboxylic acids is 1. The van der Waals surface area contributed by atoms with Crippen LogP contribution in [0.3, 0.4) is 0 Å². The summed E-state index contributed by atoms with van der Waals surface area (Å²) in [5.41, 5.74) is 1.35. The number of fused-ring (bicyclic) bond motifs is 1. The van der Waals surface area contributed by atoms with Gasteiger partial charge in [-0.15, -0.1) is 0 Å². The highest BCUT2D eigenvalue weighted by Crippen LogP contribution is 2.37. The zero-order chi connectivity index (χ0) is 22.7. The number of alkyl halides is 3. The lowest BCUT2D eigenvalue weighted by atomic mass is 10.0. The summed E-state index contributed by atoms with van der Waals surface area (Å²) in [7, 11) is 0. The third kappa shape index (κ3) is 4.91. The maximum Gasteiger partial charge on any atom is 0.427 e. The predicted molar refractivity (Wildman–Crippen MR) is 111 cm³/mol. The van der Waals surface area contributed by atoms with Gasteiger partial charge in [-0.05, 0) is 23.3 Å². The van der Waals surface area contributed by atoms with Crippen molar-refractivity contribution in [2.24, 2.45) is 0 Å². The Labute approximate surface area is 182 Å². The molecule has 3 aromatic rings. The second kappa shape index (κ2) is 9.00. The van der Waals surface area contributed by atoms with Crippen LogP contribution in [-0.4, -0.2) is 29.1 Å². The minimum Gasteiger partial charge on any atom is -0.476 e. The van der Waals surface area contributed by atoms with E-state index in [-0.39, 0.29) is 24.5 Å². The van der Waals surface area contributed by atoms with E-state index in [2.05, 4.69) is 5.32 Å². The normalized spacial score (nSPS) is 18.5. The van der Waals surface area contributed by atoms with Crippen LogP contribution in [0.15, 0.2) is 78.9 Å². The van der Waals surface area contributed by atoms with Crippen molar-refractivity contribution in [3.8, 4) is 5.75 Å². The fourth-order valence-corrected chi connectivity index (χ4v) is 3.74. The zero-order valence-electron chi connectivity index (χ0n) is 16.9. The molecule has 0 aromatic heterocycles. The molecule has 1 aliphatic heterocycles. The second-order valence-electron chi connectivity index (χ2n) is 7.53. The van der Waals surface area contributed by atoms with Crippen molar-refractivity contribution in [3.63, 3.8) is 0 Å². The molecule has 0 saturated carbocycles. The average Bonchev–Trinajstić information content (AvgIpc) is 2.90. The summed E-state index contributed by atoms with van der Waals surface area (Å²) in [5, 5.41) is 2.42. The Morgan fingerprint density at radius 2 is 1.44 bits per heavy atom. The number of benzene rings is 3. The molecule has 0 bridgehead atoms. The molecule has 166 valence electrons. The summed E-state index contributed by atoms with van der Waals surface area (Å²) in [5.74, 6) is -1.84. The number of carbonyl (C=O) groups is 1. The molecule has 3 aromatic carbocycles. The molecule has 4 nitrogen and oxygen atoms in total. The van der Waals surface area contributed by atoms with Crippen molar-refractivity contribution in [2.45, 2.75) is 31.4 Å². The SMILES string of the molecule is O=C1Nc2cc(F)ccc2O[C@@H](C(F)(F)F)[C@H]1N(Cc1ccccc1)Cc1ccccc1. The summed E-state index contributed by atoms with van der Waals surface area (Å²) in [4.78, 5) is 14.5. The number of amides is 1. The van der Waals surface area contributed by atoms with E-state index in [1.807, 2.05) is 0 Å². The van der Waals surface area contributed by atoms with Gasteiger partial charge in [0.1, 0.15) is 17.6 Å². The molecule has 0 spiro atoms. The molecular formula is C24H20F4N2O2. The number of hydrogen-bond acceptors (Lipinski definition) is 3. The van der Waals surface area contributed by atoms with E-state index in [0.717, 1.165) is 29.3 Å². The molecule has 2 atom stereocenters. The molecule has 0 saturated heterocycles. The molecular weight excluding hydrogens is 424 g/mol. The van der Waals surface area contributed by atoms with Crippen LogP contribution in [0.25, 0.3) is 0 Å². The summed E-state index contributed by atoms with van der Waals surface area (Å²) >= 11 is 0. The second-order valence-corrected chi connectivity index (χ2v) is 7.53. The van der Waals surface area contributed by atoms with E-state index in [4.69, 9.17) is 4.74 Å². The minimum atomic E-state index is -4.84. The van der Waals surface area contributed by atoms with E-state index in [0.29, 0.717) is 0 Å². The summed E-state index contributed by atoms with van der Waals surface area (Å²) < 4.78 is 61.4. The van der Waals surface area contributed by atoms with E-state index >= 15 is 0 Å². The first-order valence-corrected chi connectivity index (χ1v) is 9.97. The fourth-order valence-electron chi connectivity index (χ4n) is 3.74. The van der Waals surface area contributed by atoms with Crippen LogP contribution in [0.5, 0.6) is 5.75 Å². The van der Waals surface area contributed by atoms with Gasteiger partial charge in [0.05, 0.1) is 5.69 Å². The Hall–Kier alpha value is -3.39. The van der Waals surface area contributed by atoms with Gasteiger partial charge in [-0.2, -0.15) is 13.2 Å². The Balaban J connectivity index is 1.76. The molecule has 0 aliphatic carbocycles. The molecule has 32 heavy (non-hydrogen) atoms. The third-order valence-corrected chi connectivity index (χ3v) is 5.18. The molecule has 0 unspecified atom stereocenters. The standard InChI is InChI=1S/C24H20F4N2O2/c25-18-11-12-20-19(13-18)29-23(31)21(22(32-20)24(26,27)28)30(14-16-7-3-1-4-8-16)15-17-9-5-2-6-10-17/h1-13,21-22H,14-15H2,(H,29,31)/t21-,22-/m1/s1. The minimum absolute atomic E-state index is 0.0778. The van der Waals surface area contributed by atoms with Gasteiger partial charge < -0.3 is 10.1 Å². The van der Waals surface area contributed by atoms with E-state index in [1.165, 1.54) is 4.90 Å².